The second-order valence-corrected chi connectivity index (χ2v) is 7.45. The lowest BCUT2D eigenvalue weighted by atomic mass is 9.86. The van der Waals surface area contributed by atoms with E-state index in [0.29, 0.717) is 5.57 Å². The average Bonchev–Trinajstić information content (AvgIpc) is 2.80. The molecule has 22 heavy (non-hydrogen) atoms. The van der Waals surface area contributed by atoms with Crippen LogP contribution in [0.4, 0.5) is 0 Å². The molecule has 108 valence electrons. The first-order valence-electron chi connectivity index (χ1n) is 6.92. The van der Waals surface area contributed by atoms with E-state index < -0.39 is 0 Å². The van der Waals surface area contributed by atoms with Gasteiger partial charge in [0.1, 0.15) is 0 Å². The number of rotatable bonds is 1. The molecule has 1 unspecified atom stereocenters. The molecule has 2 aromatic rings. The summed E-state index contributed by atoms with van der Waals surface area (Å²) in [5, 5.41) is 2.34. The molecular formula is C18H10Br2O2. The van der Waals surface area contributed by atoms with Crippen LogP contribution < -0.4 is 0 Å². The third-order valence-electron chi connectivity index (χ3n) is 4.25. The first kappa shape index (κ1) is 14.1. The number of hydrogen-bond donors (Lipinski definition) is 0. The van der Waals surface area contributed by atoms with Crippen LogP contribution in [0.5, 0.6) is 0 Å². The fourth-order valence-electron chi connectivity index (χ4n) is 3.41. The number of carbonyl (C=O) groups excluding carboxylic acids is 2. The van der Waals surface area contributed by atoms with Gasteiger partial charge < -0.3 is 0 Å². The summed E-state index contributed by atoms with van der Waals surface area (Å²) < 4.78 is 2.01. The molecule has 0 saturated heterocycles. The maximum absolute atomic E-state index is 12.2. The third-order valence-corrected chi connectivity index (χ3v) is 5.16. The van der Waals surface area contributed by atoms with Crippen molar-refractivity contribution in [2.45, 2.75) is 12.3 Å². The van der Waals surface area contributed by atoms with Crippen LogP contribution in [0, 0.1) is 0 Å². The molecule has 0 N–H and O–H groups in total. The highest BCUT2D eigenvalue weighted by Crippen LogP contribution is 2.45. The van der Waals surface area contributed by atoms with Crippen molar-refractivity contribution in [3.63, 3.8) is 0 Å². The van der Waals surface area contributed by atoms with Gasteiger partial charge >= 0.3 is 0 Å². The van der Waals surface area contributed by atoms with Gasteiger partial charge in [-0.25, -0.2) is 0 Å². The largest absolute Gasteiger partial charge is 0.290 e. The highest BCUT2D eigenvalue weighted by molar-refractivity contribution is 9.10. The number of allylic oxidation sites excluding steroid dienone is 4. The molecule has 0 aliphatic heterocycles. The summed E-state index contributed by atoms with van der Waals surface area (Å²) in [7, 11) is 0. The minimum Gasteiger partial charge on any atom is -0.290 e. The summed E-state index contributed by atoms with van der Waals surface area (Å²) in [5.74, 6) is -0.228. The summed E-state index contributed by atoms with van der Waals surface area (Å²) in [6.07, 6.45) is 4.95. The van der Waals surface area contributed by atoms with Gasteiger partial charge in [-0.2, -0.15) is 0 Å². The van der Waals surface area contributed by atoms with Crippen LogP contribution in [-0.2, 0) is 16.0 Å². The Morgan fingerprint density at radius 2 is 1.68 bits per heavy atom. The van der Waals surface area contributed by atoms with Gasteiger partial charge in [0, 0.05) is 20.4 Å². The summed E-state index contributed by atoms with van der Waals surface area (Å²) in [6.45, 7) is 0. The lowest BCUT2D eigenvalue weighted by molar-refractivity contribution is -0.114. The standard InChI is InChI=1S/C18H10Br2O2/c19-11-3-9-4-12(20)7-16-14(6-10(5-11)18(9)16)15-8-13(21)1-2-17(15)22/h1-5,7-8,14H,6H2. The molecule has 0 bridgehead atoms. The molecule has 2 aliphatic carbocycles. The zero-order valence-corrected chi connectivity index (χ0v) is 14.6. The second-order valence-electron chi connectivity index (χ2n) is 5.61. The zero-order chi connectivity index (χ0) is 15.4. The quantitative estimate of drug-likeness (QED) is 0.633. The van der Waals surface area contributed by atoms with E-state index in [2.05, 4.69) is 56.1 Å². The van der Waals surface area contributed by atoms with Gasteiger partial charge in [0.25, 0.3) is 0 Å². The highest BCUT2D eigenvalue weighted by atomic mass is 79.9. The molecule has 2 aromatic carbocycles. The van der Waals surface area contributed by atoms with Gasteiger partial charge in [0.15, 0.2) is 11.6 Å². The molecule has 4 heteroatoms. The molecule has 0 saturated carbocycles. The van der Waals surface area contributed by atoms with E-state index in [1.54, 1.807) is 0 Å². The molecule has 0 spiro atoms. The average molecular weight is 418 g/mol. The van der Waals surface area contributed by atoms with Gasteiger partial charge in [-0.05, 0) is 70.8 Å². The number of benzene rings is 2. The van der Waals surface area contributed by atoms with E-state index in [0.717, 1.165) is 26.3 Å². The first-order chi connectivity index (χ1) is 10.5. The minimum atomic E-state index is -0.113. The Balaban J connectivity index is 1.95. The van der Waals surface area contributed by atoms with Crippen LogP contribution in [0.3, 0.4) is 0 Å². The Bertz CT molecular complexity index is 917. The Morgan fingerprint density at radius 1 is 0.955 bits per heavy atom. The summed E-state index contributed by atoms with van der Waals surface area (Å²) in [5.41, 5.74) is 2.93. The van der Waals surface area contributed by atoms with E-state index >= 15 is 0 Å². The molecule has 1 atom stereocenters. The Morgan fingerprint density at radius 3 is 2.45 bits per heavy atom. The fraction of sp³-hybridized carbons (Fsp3) is 0.111. The van der Waals surface area contributed by atoms with Gasteiger partial charge in [0.2, 0.25) is 0 Å². The second kappa shape index (κ2) is 5.00. The predicted molar refractivity (Wildman–Crippen MR) is 93.0 cm³/mol. The molecule has 2 nitrogen and oxygen atoms in total. The topological polar surface area (TPSA) is 34.1 Å². The van der Waals surface area contributed by atoms with Crippen LogP contribution in [0.2, 0.25) is 0 Å². The summed E-state index contributed by atoms with van der Waals surface area (Å²) in [6, 6.07) is 8.33. The minimum absolute atomic E-state index is 0.0503. The number of halogens is 2. The van der Waals surface area contributed by atoms with Crippen molar-refractivity contribution in [1.29, 1.82) is 0 Å². The molecule has 4 rings (SSSR count). The molecule has 0 radical (unpaired) electrons. The number of hydrogen-bond acceptors (Lipinski definition) is 2. The maximum atomic E-state index is 12.2. The molecule has 2 aliphatic rings. The zero-order valence-electron chi connectivity index (χ0n) is 11.4. The summed E-state index contributed by atoms with van der Waals surface area (Å²) >= 11 is 7.10. The normalized spacial score (nSPS) is 19.9. The monoisotopic (exact) mass is 416 g/mol. The first-order valence-corrected chi connectivity index (χ1v) is 8.51. The van der Waals surface area contributed by atoms with Crippen LogP contribution in [0.25, 0.3) is 10.8 Å². The lowest BCUT2D eigenvalue weighted by Crippen LogP contribution is -2.14. The van der Waals surface area contributed by atoms with E-state index in [4.69, 9.17) is 0 Å². The van der Waals surface area contributed by atoms with Crippen LogP contribution >= 0.6 is 31.9 Å². The van der Waals surface area contributed by atoms with Crippen molar-refractivity contribution in [3.05, 3.63) is 68.1 Å². The van der Waals surface area contributed by atoms with Gasteiger partial charge in [-0.3, -0.25) is 9.59 Å². The maximum Gasteiger partial charge on any atom is 0.182 e. The number of carbonyl (C=O) groups is 2. The van der Waals surface area contributed by atoms with Crippen LogP contribution in [0.1, 0.15) is 17.0 Å². The van der Waals surface area contributed by atoms with Crippen molar-refractivity contribution in [2.75, 3.05) is 0 Å². The summed E-state index contributed by atoms with van der Waals surface area (Å²) in [4.78, 5) is 23.9. The number of ketones is 2. The molecule has 0 heterocycles. The van der Waals surface area contributed by atoms with Crippen molar-refractivity contribution in [1.82, 2.24) is 0 Å². The van der Waals surface area contributed by atoms with Crippen LogP contribution in [-0.4, -0.2) is 11.6 Å². The van der Waals surface area contributed by atoms with E-state index in [9.17, 15) is 9.59 Å². The van der Waals surface area contributed by atoms with Crippen molar-refractivity contribution >= 4 is 54.2 Å². The predicted octanol–water partition coefficient (Wildman–Crippen LogP) is 4.64. The van der Waals surface area contributed by atoms with Gasteiger partial charge in [-0.1, -0.05) is 31.9 Å². The van der Waals surface area contributed by atoms with Crippen molar-refractivity contribution in [2.24, 2.45) is 0 Å². The highest BCUT2D eigenvalue weighted by Gasteiger charge is 2.31. The lowest BCUT2D eigenvalue weighted by Gasteiger charge is -2.16. The molecule has 0 fully saturated rings. The SMILES string of the molecule is O=C1C=CC(=O)C(C2Cc3cc(Br)cc4cc(Br)cc2c34)=C1. The van der Waals surface area contributed by atoms with Gasteiger partial charge in [-0.15, -0.1) is 0 Å². The molecular weight excluding hydrogens is 408 g/mol. The Kier molecular flexibility index (Phi) is 3.20. The van der Waals surface area contributed by atoms with Gasteiger partial charge in [0.05, 0.1) is 0 Å². The molecule has 0 amide bonds. The van der Waals surface area contributed by atoms with Crippen LogP contribution in [0.15, 0.2) is 57.0 Å². The smallest absolute Gasteiger partial charge is 0.182 e. The van der Waals surface area contributed by atoms with Crippen molar-refractivity contribution < 1.29 is 9.59 Å². The Hall–Kier alpha value is -1.52. The third kappa shape index (κ3) is 2.13. The molecule has 0 aromatic heterocycles. The van der Waals surface area contributed by atoms with Crippen molar-refractivity contribution in [3.8, 4) is 0 Å². The van der Waals surface area contributed by atoms with E-state index in [-0.39, 0.29) is 17.5 Å². The fourth-order valence-corrected chi connectivity index (χ4v) is 4.42. The Labute approximate surface area is 144 Å². The van der Waals surface area contributed by atoms with E-state index in [1.807, 2.05) is 0 Å². The van der Waals surface area contributed by atoms with E-state index in [1.165, 1.54) is 29.2 Å².